The molecule has 19 heteroatoms. The van der Waals surface area contributed by atoms with Crippen molar-refractivity contribution < 1.29 is 78.2 Å². The summed E-state index contributed by atoms with van der Waals surface area (Å²) in [5, 5.41) is 72.2. The van der Waals surface area contributed by atoms with Crippen molar-refractivity contribution in [3.8, 4) is 0 Å². The van der Waals surface area contributed by atoms with Crippen molar-refractivity contribution >= 4 is 23.7 Å². The number of carbonyl (C=O) groups excluding carboxylic acids is 3. The Bertz CT molecular complexity index is 1340. The zero-order chi connectivity index (χ0) is 43.4. The molecule has 9 N–H and O–H groups in total. The standard InChI is InChI=1S/C40H69N3O16/c1-6-24-17-25(37(51)42-14-13-41-29(46)12-15-54-20(2)3)18-26(35(24)59-40-34(50)33(49)31(47)21(4)55-40)57-39-30(43-22(5)45)36(32(48)28(19-44)58-39)56-27(38(52)53)16-23-10-8-7-9-11-23/h20-21,23-28,30-36,39-40,44,47-50H,6-19H2,1-5H3,(H,41,46)(H,42,51)(H,43,45)(H,52,53)/t21-,24?,25?,26+,27-,28?,30?,31-,32-,33?,34-,35?,36?,39+,40?/m0/s1. The van der Waals surface area contributed by atoms with Crippen molar-refractivity contribution in [2.45, 2.75) is 185 Å². The van der Waals surface area contributed by atoms with E-state index in [2.05, 4.69) is 16.0 Å². The Balaban J connectivity index is 1.59. The van der Waals surface area contributed by atoms with Crippen LogP contribution in [-0.4, -0.2) is 166 Å². The molecule has 0 aromatic carbocycles. The van der Waals surface area contributed by atoms with E-state index in [-0.39, 0.29) is 62.8 Å². The first-order valence-corrected chi connectivity index (χ1v) is 21.3. The Kier molecular flexibility index (Phi) is 19.6. The molecule has 4 rings (SSSR count). The van der Waals surface area contributed by atoms with Gasteiger partial charge in [0.05, 0.1) is 37.6 Å². The van der Waals surface area contributed by atoms with E-state index in [0.29, 0.717) is 12.8 Å². The molecule has 0 radical (unpaired) electrons. The Morgan fingerprint density at radius 2 is 1.54 bits per heavy atom. The predicted molar refractivity (Wildman–Crippen MR) is 207 cm³/mol. The maximum atomic E-state index is 13.7. The van der Waals surface area contributed by atoms with E-state index in [1.807, 2.05) is 20.8 Å². The van der Waals surface area contributed by atoms with Crippen LogP contribution in [0.3, 0.4) is 0 Å². The minimum Gasteiger partial charge on any atom is -0.479 e. The highest BCUT2D eigenvalue weighted by atomic mass is 16.7. The molecule has 15 atom stereocenters. The Morgan fingerprint density at radius 1 is 0.847 bits per heavy atom. The van der Waals surface area contributed by atoms with E-state index >= 15 is 0 Å². The number of carbonyl (C=O) groups is 4. The van der Waals surface area contributed by atoms with Crippen LogP contribution < -0.4 is 16.0 Å². The summed E-state index contributed by atoms with van der Waals surface area (Å²) in [6.45, 7) is 8.19. The molecule has 2 aliphatic heterocycles. The number of nitrogens with one attached hydrogen (secondary N) is 3. The summed E-state index contributed by atoms with van der Waals surface area (Å²) in [4.78, 5) is 51.2. The van der Waals surface area contributed by atoms with Gasteiger partial charge in [0, 0.05) is 32.4 Å². The number of amides is 3. The first-order valence-electron chi connectivity index (χ1n) is 21.3. The maximum absolute atomic E-state index is 13.7. The first kappa shape index (κ1) is 49.1. The molecule has 2 saturated heterocycles. The van der Waals surface area contributed by atoms with E-state index in [1.54, 1.807) is 0 Å². The van der Waals surface area contributed by atoms with Crippen molar-refractivity contribution in [3.63, 3.8) is 0 Å². The Hall–Kier alpha value is -2.56. The molecule has 0 aromatic heterocycles. The van der Waals surface area contributed by atoms with Crippen molar-refractivity contribution in [1.82, 2.24) is 16.0 Å². The number of hydrogen-bond donors (Lipinski definition) is 9. The van der Waals surface area contributed by atoms with Crippen LogP contribution in [0, 0.1) is 17.8 Å². The van der Waals surface area contributed by atoms with Gasteiger partial charge >= 0.3 is 5.97 Å². The molecule has 0 aromatic rings. The number of aliphatic carboxylic acids is 1. The van der Waals surface area contributed by atoms with Gasteiger partial charge in [-0.2, -0.15) is 0 Å². The molecule has 2 saturated carbocycles. The quantitative estimate of drug-likeness (QED) is 0.0696. The van der Waals surface area contributed by atoms with Crippen LogP contribution in [0.4, 0.5) is 0 Å². The minimum atomic E-state index is -1.66. The SMILES string of the molecule is CCC1CC(C(=O)NCCNC(=O)CCOC(C)C)C[C@@H](O[C@@H]2OC(CO)[C@H](O)C(O[C@@H](CC3CCCCC3)C(=O)O)C2NC(C)=O)C1OC1O[C@@H](C)[C@H](O)C(O)[C@@H]1O. The molecule has 4 aliphatic rings. The monoisotopic (exact) mass is 847 g/mol. The summed E-state index contributed by atoms with van der Waals surface area (Å²) < 4.78 is 36.5. The van der Waals surface area contributed by atoms with Gasteiger partial charge in [-0.3, -0.25) is 14.4 Å². The highest BCUT2D eigenvalue weighted by Crippen LogP contribution is 2.40. The van der Waals surface area contributed by atoms with Crippen molar-refractivity contribution in [2.75, 3.05) is 26.3 Å². The number of hydrogen-bond acceptors (Lipinski definition) is 15. The second kappa shape index (κ2) is 23.6. The van der Waals surface area contributed by atoms with Crippen LogP contribution in [0.2, 0.25) is 0 Å². The molecule has 0 bridgehead atoms. The second-order valence-electron chi connectivity index (χ2n) is 16.7. The van der Waals surface area contributed by atoms with Gasteiger partial charge in [-0.25, -0.2) is 4.79 Å². The third-order valence-electron chi connectivity index (χ3n) is 11.9. The third kappa shape index (κ3) is 14.0. The lowest BCUT2D eigenvalue weighted by Gasteiger charge is -2.49. The van der Waals surface area contributed by atoms with Gasteiger partial charge in [0.15, 0.2) is 18.7 Å². The van der Waals surface area contributed by atoms with Gasteiger partial charge in [0.2, 0.25) is 17.7 Å². The molecule has 19 nitrogen and oxygen atoms in total. The van der Waals surface area contributed by atoms with Crippen LogP contribution in [0.1, 0.15) is 98.8 Å². The molecule has 3 amide bonds. The number of aliphatic hydroxyl groups excluding tert-OH is 5. The van der Waals surface area contributed by atoms with E-state index in [4.69, 9.17) is 28.4 Å². The van der Waals surface area contributed by atoms with Crippen LogP contribution in [0.5, 0.6) is 0 Å². The van der Waals surface area contributed by atoms with Crippen LogP contribution >= 0.6 is 0 Å². The fourth-order valence-corrected chi connectivity index (χ4v) is 8.58. The van der Waals surface area contributed by atoms with Gasteiger partial charge in [0.25, 0.3) is 0 Å². The van der Waals surface area contributed by atoms with E-state index in [9.17, 15) is 49.8 Å². The van der Waals surface area contributed by atoms with Gasteiger partial charge < -0.3 is 75.0 Å². The molecule has 340 valence electrons. The molecule has 8 unspecified atom stereocenters. The van der Waals surface area contributed by atoms with Gasteiger partial charge in [0.1, 0.15) is 42.7 Å². The maximum Gasteiger partial charge on any atom is 0.332 e. The zero-order valence-corrected chi connectivity index (χ0v) is 35.0. The molecule has 2 aliphatic carbocycles. The lowest BCUT2D eigenvalue weighted by atomic mass is 9.75. The molecule has 0 spiro atoms. The number of carboxylic acid groups (broad SMARTS) is 1. The largest absolute Gasteiger partial charge is 0.479 e. The summed E-state index contributed by atoms with van der Waals surface area (Å²) in [5.41, 5.74) is 0. The van der Waals surface area contributed by atoms with E-state index in [0.717, 1.165) is 32.1 Å². The second-order valence-corrected chi connectivity index (χ2v) is 16.7. The van der Waals surface area contributed by atoms with Crippen LogP contribution in [0.25, 0.3) is 0 Å². The van der Waals surface area contributed by atoms with Crippen molar-refractivity contribution in [2.24, 2.45) is 17.8 Å². The number of aliphatic hydroxyl groups is 5. The van der Waals surface area contributed by atoms with Gasteiger partial charge in [-0.05, 0) is 51.9 Å². The fourth-order valence-electron chi connectivity index (χ4n) is 8.58. The minimum absolute atomic E-state index is 0.000596. The fraction of sp³-hybridized carbons (Fsp3) is 0.900. The average Bonchev–Trinajstić information content (AvgIpc) is 3.19. The molecule has 2 heterocycles. The lowest BCUT2D eigenvalue weighted by molar-refractivity contribution is -0.338. The predicted octanol–water partition coefficient (Wildman–Crippen LogP) is -0.540. The summed E-state index contributed by atoms with van der Waals surface area (Å²) in [6, 6.07) is -1.31. The molecular weight excluding hydrogens is 778 g/mol. The Morgan fingerprint density at radius 3 is 2.17 bits per heavy atom. The van der Waals surface area contributed by atoms with Crippen molar-refractivity contribution in [3.05, 3.63) is 0 Å². The molecule has 59 heavy (non-hydrogen) atoms. The van der Waals surface area contributed by atoms with E-state index in [1.165, 1.54) is 13.8 Å². The summed E-state index contributed by atoms with van der Waals surface area (Å²) in [5.74, 6) is -3.42. The summed E-state index contributed by atoms with van der Waals surface area (Å²) in [6.07, 6.45) is -10.5. The van der Waals surface area contributed by atoms with Crippen LogP contribution in [-0.2, 0) is 47.6 Å². The van der Waals surface area contributed by atoms with Gasteiger partial charge in [-0.15, -0.1) is 0 Å². The number of carboxylic acids is 1. The van der Waals surface area contributed by atoms with Gasteiger partial charge in [-0.1, -0.05) is 45.4 Å². The third-order valence-corrected chi connectivity index (χ3v) is 11.9. The van der Waals surface area contributed by atoms with Crippen LogP contribution in [0.15, 0.2) is 0 Å². The van der Waals surface area contributed by atoms with E-state index < -0.39 is 110 Å². The lowest BCUT2D eigenvalue weighted by Crippen LogP contribution is -2.67. The first-order chi connectivity index (χ1) is 28.0. The summed E-state index contributed by atoms with van der Waals surface area (Å²) >= 11 is 0. The number of rotatable bonds is 20. The average molecular weight is 848 g/mol. The van der Waals surface area contributed by atoms with Crippen molar-refractivity contribution in [1.29, 1.82) is 0 Å². The molecule has 4 fully saturated rings. The Labute approximate surface area is 346 Å². The zero-order valence-electron chi connectivity index (χ0n) is 35.0. The topological polar surface area (TPSA) is 281 Å². The smallest absolute Gasteiger partial charge is 0.332 e. The summed E-state index contributed by atoms with van der Waals surface area (Å²) in [7, 11) is 0. The highest BCUT2D eigenvalue weighted by molar-refractivity contribution is 5.79. The normalized spacial score (nSPS) is 36.1. The highest BCUT2D eigenvalue weighted by Gasteiger charge is 2.53. The number of ether oxygens (including phenoxy) is 6. The molecular formula is C40H69N3O16.